The summed E-state index contributed by atoms with van der Waals surface area (Å²) in [5, 5.41) is 0.692. The molecule has 0 spiro atoms. The number of benzene rings is 1. The van der Waals surface area contributed by atoms with Gasteiger partial charge in [-0.25, -0.2) is 4.98 Å². The number of rotatable bonds is 4. The summed E-state index contributed by atoms with van der Waals surface area (Å²) in [6.07, 6.45) is 2.36. The zero-order chi connectivity index (χ0) is 14.7. The standard InChI is InChI=1S/C16H15Cl2NO/c1-10(2)6-11-4-3-5-12(7-11)16(20)15-14(18)8-13(17)9-19-15/h3-5,7-10H,6H2,1-2H3. The minimum atomic E-state index is -0.183. The molecular formula is C16H15Cl2NO. The van der Waals surface area contributed by atoms with E-state index in [-0.39, 0.29) is 16.5 Å². The molecule has 0 aliphatic carbocycles. The fourth-order valence-corrected chi connectivity index (χ4v) is 2.50. The van der Waals surface area contributed by atoms with Crippen molar-refractivity contribution in [2.45, 2.75) is 20.3 Å². The molecule has 0 N–H and O–H groups in total. The summed E-state index contributed by atoms with van der Waals surface area (Å²) in [5.41, 5.74) is 1.97. The van der Waals surface area contributed by atoms with Crippen LogP contribution >= 0.6 is 23.2 Å². The maximum absolute atomic E-state index is 12.4. The summed E-state index contributed by atoms with van der Waals surface area (Å²) in [6, 6.07) is 9.11. The van der Waals surface area contributed by atoms with E-state index < -0.39 is 0 Å². The lowest BCUT2D eigenvalue weighted by atomic mass is 9.99. The molecule has 1 aromatic heterocycles. The normalized spacial score (nSPS) is 10.8. The number of carbonyl (C=O) groups is 1. The van der Waals surface area contributed by atoms with Gasteiger partial charge in [0, 0.05) is 11.8 Å². The van der Waals surface area contributed by atoms with Crippen LogP contribution in [0.4, 0.5) is 0 Å². The van der Waals surface area contributed by atoms with Crippen molar-refractivity contribution in [2.24, 2.45) is 5.92 Å². The average Bonchev–Trinajstić information content (AvgIpc) is 2.37. The number of pyridine rings is 1. The first-order valence-electron chi connectivity index (χ1n) is 6.42. The van der Waals surface area contributed by atoms with Crippen molar-refractivity contribution in [2.75, 3.05) is 0 Å². The summed E-state index contributed by atoms with van der Waals surface area (Å²) in [5.74, 6) is 0.356. The van der Waals surface area contributed by atoms with Gasteiger partial charge in [-0.3, -0.25) is 4.79 Å². The zero-order valence-electron chi connectivity index (χ0n) is 11.4. The summed E-state index contributed by atoms with van der Waals surface area (Å²) < 4.78 is 0. The number of ketones is 1. The lowest BCUT2D eigenvalue weighted by Gasteiger charge is -2.07. The quantitative estimate of drug-likeness (QED) is 0.758. The molecule has 104 valence electrons. The lowest BCUT2D eigenvalue weighted by molar-refractivity contribution is 0.103. The highest BCUT2D eigenvalue weighted by Gasteiger charge is 2.15. The molecule has 0 aliphatic heterocycles. The molecule has 0 amide bonds. The molecule has 0 unspecified atom stereocenters. The maximum Gasteiger partial charge on any atom is 0.212 e. The molecule has 0 fully saturated rings. The van der Waals surface area contributed by atoms with E-state index in [4.69, 9.17) is 23.2 Å². The van der Waals surface area contributed by atoms with Gasteiger partial charge in [0.25, 0.3) is 0 Å². The molecule has 0 radical (unpaired) electrons. The van der Waals surface area contributed by atoms with E-state index in [1.54, 1.807) is 6.07 Å². The Bertz CT molecular complexity index is 638. The van der Waals surface area contributed by atoms with Gasteiger partial charge in [-0.2, -0.15) is 0 Å². The smallest absolute Gasteiger partial charge is 0.212 e. The topological polar surface area (TPSA) is 30.0 Å². The maximum atomic E-state index is 12.4. The lowest BCUT2D eigenvalue weighted by Crippen LogP contribution is -2.06. The van der Waals surface area contributed by atoms with Crippen molar-refractivity contribution in [1.82, 2.24) is 4.98 Å². The van der Waals surface area contributed by atoms with Crippen molar-refractivity contribution in [3.63, 3.8) is 0 Å². The van der Waals surface area contributed by atoms with Gasteiger partial charge >= 0.3 is 0 Å². The van der Waals surface area contributed by atoms with Crippen LogP contribution in [0.5, 0.6) is 0 Å². The minimum absolute atomic E-state index is 0.183. The third-order valence-electron chi connectivity index (χ3n) is 2.86. The van der Waals surface area contributed by atoms with Crippen molar-refractivity contribution >= 4 is 29.0 Å². The molecule has 20 heavy (non-hydrogen) atoms. The Morgan fingerprint density at radius 1 is 1.25 bits per heavy atom. The second kappa shape index (κ2) is 6.38. The fraction of sp³-hybridized carbons (Fsp3) is 0.250. The average molecular weight is 308 g/mol. The summed E-state index contributed by atoms with van der Waals surface area (Å²) >= 11 is 11.8. The van der Waals surface area contributed by atoms with Gasteiger partial charge in [-0.05, 0) is 30.0 Å². The highest BCUT2D eigenvalue weighted by Crippen LogP contribution is 2.22. The Labute approximate surface area is 128 Å². The van der Waals surface area contributed by atoms with Gasteiger partial charge in [0.1, 0.15) is 5.69 Å². The monoisotopic (exact) mass is 307 g/mol. The van der Waals surface area contributed by atoms with Gasteiger partial charge in [-0.15, -0.1) is 0 Å². The van der Waals surface area contributed by atoms with Gasteiger partial charge in [0.2, 0.25) is 5.78 Å². The zero-order valence-corrected chi connectivity index (χ0v) is 12.9. The largest absolute Gasteiger partial charge is 0.287 e. The van der Waals surface area contributed by atoms with Crippen LogP contribution in [-0.4, -0.2) is 10.8 Å². The highest BCUT2D eigenvalue weighted by atomic mass is 35.5. The Hall–Kier alpha value is -1.38. The number of hydrogen-bond donors (Lipinski definition) is 0. The fourth-order valence-electron chi connectivity index (χ4n) is 2.03. The Morgan fingerprint density at radius 3 is 2.65 bits per heavy atom. The summed E-state index contributed by atoms with van der Waals surface area (Å²) in [4.78, 5) is 16.5. The molecule has 2 rings (SSSR count). The molecule has 0 saturated heterocycles. The molecular weight excluding hydrogens is 293 g/mol. The SMILES string of the molecule is CC(C)Cc1cccc(C(=O)c2ncc(Cl)cc2Cl)c1. The first-order valence-corrected chi connectivity index (χ1v) is 7.17. The number of carbonyl (C=O) groups excluding carboxylic acids is 1. The van der Waals surface area contributed by atoms with Crippen LogP contribution in [0, 0.1) is 5.92 Å². The molecule has 2 aromatic rings. The number of hydrogen-bond acceptors (Lipinski definition) is 2. The molecule has 2 nitrogen and oxygen atoms in total. The van der Waals surface area contributed by atoms with Crippen LogP contribution in [-0.2, 0) is 6.42 Å². The van der Waals surface area contributed by atoms with Crippen LogP contribution < -0.4 is 0 Å². The second-order valence-electron chi connectivity index (χ2n) is 5.11. The second-order valence-corrected chi connectivity index (χ2v) is 5.96. The van der Waals surface area contributed by atoms with E-state index >= 15 is 0 Å². The molecule has 0 bridgehead atoms. The molecule has 1 heterocycles. The summed E-state index contributed by atoms with van der Waals surface area (Å²) in [6.45, 7) is 4.29. The Balaban J connectivity index is 2.33. The first-order chi connectivity index (χ1) is 9.47. The summed E-state index contributed by atoms with van der Waals surface area (Å²) in [7, 11) is 0. The molecule has 1 aromatic carbocycles. The van der Waals surface area contributed by atoms with Crippen LogP contribution in [0.15, 0.2) is 36.5 Å². The molecule has 0 aliphatic rings. The van der Waals surface area contributed by atoms with Gasteiger partial charge in [0.15, 0.2) is 0 Å². The van der Waals surface area contributed by atoms with Crippen molar-refractivity contribution in [3.05, 3.63) is 63.4 Å². The van der Waals surface area contributed by atoms with Crippen LogP contribution in [0.1, 0.15) is 35.5 Å². The predicted octanol–water partition coefficient (Wildman–Crippen LogP) is 4.82. The van der Waals surface area contributed by atoms with Crippen molar-refractivity contribution in [1.29, 1.82) is 0 Å². The van der Waals surface area contributed by atoms with Gasteiger partial charge < -0.3 is 0 Å². The third kappa shape index (κ3) is 3.59. The number of nitrogens with zero attached hydrogens (tertiary/aromatic N) is 1. The molecule has 0 atom stereocenters. The predicted molar refractivity (Wildman–Crippen MR) is 82.7 cm³/mol. The number of aromatic nitrogens is 1. The van der Waals surface area contributed by atoms with Crippen LogP contribution in [0.3, 0.4) is 0 Å². The van der Waals surface area contributed by atoms with Crippen molar-refractivity contribution < 1.29 is 4.79 Å². The first kappa shape index (κ1) is 15.0. The van der Waals surface area contributed by atoms with E-state index in [9.17, 15) is 4.79 Å². The Kier molecular flexibility index (Phi) is 4.79. The number of halogens is 2. The van der Waals surface area contributed by atoms with Crippen LogP contribution in [0.2, 0.25) is 10.0 Å². The van der Waals surface area contributed by atoms with Gasteiger partial charge in [-0.1, -0.05) is 55.2 Å². The molecule has 0 saturated carbocycles. The Morgan fingerprint density at radius 2 is 2.00 bits per heavy atom. The van der Waals surface area contributed by atoms with Gasteiger partial charge in [0.05, 0.1) is 10.0 Å². The van der Waals surface area contributed by atoms with E-state index in [0.717, 1.165) is 12.0 Å². The molecule has 4 heteroatoms. The highest BCUT2D eigenvalue weighted by molar-refractivity contribution is 6.37. The van der Waals surface area contributed by atoms with E-state index in [0.29, 0.717) is 16.5 Å². The minimum Gasteiger partial charge on any atom is -0.287 e. The van der Waals surface area contributed by atoms with E-state index in [2.05, 4.69) is 18.8 Å². The third-order valence-corrected chi connectivity index (χ3v) is 3.35. The van der Waals surface area contributed by atoms with Crippen molar-refractivity contribution in [3.8, 4) is 0 Å². The van der Waals surface area contributed by atoms with Crippen LogP contribution in [0.25, 0.3) is 0 Å². The van der Waals surface area contributed by atoms with E-state index in [1.165, 1.54) is 12.3 Å². The van der Waals surface area contributed by atoms with E-state index in [1.807, 2.05) is 18.2 Å².